The van der Waals surface area contributed by atoms with Gasteiger partial charge < -0.3 is 0 Å². The lowest BCUT2D eigenvalue weighted by molar-refractivity contribution is 0.124. The molecule has 7 aliphatic rings. The average molecular weight is 228 g/mol. The summed E-state index contributed by atoms with van der Waals surface area (Å²) >= 11 is 0. The van der Waals surface area contributed by atoms with E-state index in [9.17, 15) is 0 Å². The second-order valence-electron chi connectivity index (χ2n) is 7.98. The molecule has 0 heteroatoms. The monoisotopic (exact) mass is 228 g/mol. The SMILES string of the molecule is C1=CC23CC1(C2)C1CCC(C2CCCC2)CC13. The summed E-state index contributed by atoms with van der Waals surface area (Å²) in [5.74, 6) is 4.49. The zero-order valence-electron chi connectivity index (χ0n) is 10.8. The van der Waals surface area contributed by atoms with Crippen molar-refractivity contribution in [3.8, 4) is 0 Å². The Morgan fingerprint density at radius 1 is 0.706 bits per heavy atom. The van der Waals surface area contributed by atoms with E-state index in [0.29, 0.717) is 0 Å². The quantitative estimate of drug-likeness (QED) is 0.577. The Balaban J connectivity index is 1.42. The summed E-state index contributed by atoms with van der Waals surface area (Å²) in [5.41, 5.74) is 1.48. The molecule has 0 spiro atoms. The van der Waals surface area contributed by atoms with Gasteiger partial charge in [-0.15, -0.1) is 0 Å². The van der Waals surface area contributed by atoms with E-state index in [1.54, 1.807) is 44.9 Å². The van der Waals surface area contributed by atoms with E-state index in [2.05, 4.69) is 12.2 Å². The maximum Gasteiger partial charge on any atom is -0.00700 e. The molecule has 7 rings (SSSR count). The summed E-state index contributed by atoms with van der Waals surface area (Å²) < 4.78 is 0. The summed E-state index contributed by atoms with van der Waals surface area (Å²) in [6.45, 7) is 0. The van der Waals surface area contributed by atoms with E-state index in [1.165, 1.54) is 12.8 Å². The molecule has 0 aromatic rings. The van der Waals surface area contributed by atoms with Gasteiger partial charge >= 0.3 is 0 Å². The highest BCUT2D eigenvalue weighted by Gasteiger charge is 2.72. The molecule has 92 valence electrons. The highest BCUT2D eigenvalue weighted by molar-refractivity contribution is 5.38. The van der Waals surface area contributed by atoms with Crippen LogP contribution >= 0.6 is 0 Å². The van der Waals surface area contributed by atoms with Crippen LogP contribution in [0, 0.1) is 34.5 Å². The fourth-order valence-corrected chi connectivity index (χ4v) is 6.90. The largest absolute Gasteiger partial charge is 0.0814 e. The predicted molar refractivity (Wildman–Crippen MR) is 69.5 cm³/mol. The van der Waals surface area contributed by atoms with Gasteiger partial charge in [0.25, 0.3) is 0 Å². The van der Waals surface area contributed by atoms with Gasteiger partial charge in [-0.1, -0.05) is 37.8 Å². The maximum atomic E-state index is 2.64. The molecular weight excluding hydrogens is 204 g/mol. The summed E-state index contributed by atoms with van der Waals surface area (Å²) in [6, 6.07) is 0. The number of allylic oxidation sites excluding steroid dienone is 2. The van der Waals surface area contributed by atoms with Crippen LogP contribution in [-0.4, -0.2) is 0 Å². The van der Waals surface area contributed by atoms with E-state index in [0.717, 1.165) is 34.5 Å². The average Bonchev–Trinajstić information content (AvgIpc) is 3.09. The minimum absolute atomic E-state index is 0.738. The van der Waals surface area contributed by atoms with E-state index in [-0.39, 0.29) is 0 Å². The van der Waals surface area contributed by atoms with E-state index in [1.807, 2.05) is 0 Å². The molecule has 5 saturated carbocycles. The van der Waals surface area contributed by atoms with Crippen molar-refractivity contribution in [2.75, 3.05) is 0 Å². The van der Waals surface area contributed by atoms with Crippen molar-refractivity contribution in [1.82, 2.24) is 0 Å². The van der Waals surface area contributed by atoms with Gasteiger partial charge in [-0.3, -0.25) is 0 Å². The van der Waals surface area contributed by atoms with Gasteiger partial charge in [-0.25, -0.2) is 0 Å². The van der Waals surface area contributed by atoms with E-state index < -0.39 is 0 Å². The second kappa shape index (κ2) is 2.83. The van der Waals surface area contributed by atoms with Crippen molar-refractivity contribution in [3.63, 3.8) is 0 Å². The standard InChI is InChI=1S/C17H24/c1-2-4-12(3-1)13-5-6-14-15(9-13)17-8-7-16(14,10-17)11-17/h7-8,12-15H,1-6,9-11H2. The van der Waals surface area contributed by atoms with Gasteiger partial charge in [0.1, 0.15) is 0 Å². The fourth-order valence-electron chi connectivity index (χ4n) is 6.90. The molecule has 3 unspecified atom stereocenters. The van der Waals surface area contributed by atoms with Gasteiger partial charge in [0.2, 0.25) is 0 Å². The number of hydrogen-bond donors (Lipinski definition) is 0. The van der Waals surface area contributed by atoms with Crippen molar-refractivity contribution in [2.45, 2.75) is 57.8 Å². The van der Waals surface area contributed by atoms with Gasteiger partial charge in [0.15, 0.2) is 0 Å². The third-order valence-corrected chi connectivity index (χ3v) is 7.50. The lowest BCUT2D eigenvalue weighted by atomic mass is 9.64. The van der Waals surface area contributed by atoms with E-state index in [4.69, 9.17) is 0 Å². The molecule has 0 radical (unpaired) electrons. The zero-order chi connectivity index (χ0) is 11.1. The predicted octanol–water partition coefficient (Wildman–Crippen LogP) is 4.56. The van der Waals surface area contributed by atoms with Gasteiger partial charge in [0, 0.05) is 0 Å². The van der Waals surface area contributed by atoms with Gasteiger partial charge in [-0.2, -0.15) is 0 Å². The van der Waals surface area contributed by atoms with E-state index >= 15 is 0 Å². The van der Waals surface area contributed by atoms with Crippen molar-refractivity contribution < 1.29 is 0 Å². The fraction of sp³-hybridized carbons (Fsp3) is 0.882. The first-order valence-corrected chi connectivity index (χ1v) is 8.02. The normalized spacial score (nSPS) is 59.4. The molecule has 17 heavy (non-hydrogen) atoms. The molecule has 0 heterocycles. The Kier molecular flexibility index (Phi) is 1.61. The lowest BCUT2D eigenvalue weighted by Gasteiger charge is -2.39. The first-order chi connectivity index (χ1) is 8.31. The van der Waals surface area contributed by atoms with Crippen LogP contribution in [0.25, 0.3) is 0 Å². The molecular formula is C17H24. The lowest BCUT2D eigenvalue weighted by Crippen LogP contribution is -2.31. The summed E-state index contributed by atoms with van der Waals surface area (Å²) in [5, 5.41) is 0. The zero-order valence-corrected chi connectivity index (χ0v) is 10.8. The van der Waals surface area contributed by atoms with Crippen LogP contribution in [0.15, 0.2) is 12.2 Å². The molecule has 0 aliphatic heterocycles. The minimum atomic E-state index is 0.738. The van der Waals surface area contributed by atoms with Crippen LogP contribution in [0.4, 0.5) is 0 Å². The molecule has 2 bridgehead atoms. The van der Waals surface area contributed by atoms with Crippen LogP contribution in [0.1, 0.15) is 57.8 Å². The van der Waals surface area contributed by atoms with Gasteiger partial charge in [0.05, 0.1) is 0 Å². The van der Waals surface area contributed by atoms with Crippen LogP contribution in [0.3, 0.4) is 0 Å². The third-order valence-electron chi connectivity index (χ3n) is 7.50. The Morgan fingerprint density at radius 2 is 1.41 bits per heavy atom. The summed E-state index contributed by atoms with van der Waals surface area (Å²) in [4.78, 5) is 0. The Bertz CT molecular complexity index is 379. The Hall–Kier alpha value is -0.260. The number of rotatable bonds is 1. The van der Waals surface area contributed by atoms with Crippen molar-refractivity contribution in [1.29, 1.82) is 0 Å². The smallest absolute Gasteiger partial charge is 0.00700 e. The molecule has 0 amide bonds. The topological polar surface area (TPSA) is 0 Å². The van der Waals surface area contributed by atoms with Crippen LogP contribution in [0.5, 0.6) is 0 Å². The molecule has 0 aromatic carbocycles. The minimum Gasteiger partial charge on any atom is -0.0814 e. The highest BCUT2D eigenvalue weighted by atomic mass is 14.8. The van der Waals surface area contributed by atoms with Crippen molar-refractivity contribution in [3.05, 3.63) is 12.2 Å². The second-order valence-corrected chi connectivity index (χ2v) is 7.98. The first-order valence-electron chi connectivity index (χ1n) is 8.02. The molecule has 5 fully saturated rings. The van der Waals surface area contributed by atoms with Gasteiger partial charge in [-0.05, 0) is 66.6 Å². The molecule has 7 aliphatic carbocycles. The van der Waals surface area contributed by atoms with Crippen molar-refractivity contribution in [2.24, 2.45) is 34.5 Å². The molecule has 0 aromatic heterocycles. The molecule has 3 atom stereocenters. The summed E-state index contributed by atoms with van der Waals surface area (Å²) in [7, 11) is 0. The number of hydrogen-bond acceptors (Lipinski definition) is 0. The Labute approximate surface area is 105 Å². The van der Waals surface area contributed by atoms with Crippen LogP contribution in [-0.2, 0) is 0 Å². The highest BCUT2D eigenvalue weighted by Crippen LogP contribution is 2.81. The molecule has 0 saturated heterocycles. The molecule has 0 N–H and O–H groups in total. The third kappa shape index (κ3) is 0.992. The van der Waals surface area contributed by atoms with Crippen LogP contribution in [0.2, 0.25) is 0 Å². The first kappa shape index (κ1) is 9.64. The van der Waals surface area contributed by atoms with Crippen LogP contribution < -0.4 is 0 Å². The van der Waals surface area contributed by atoms with Crippen molar-refractivity contribution >= 4 is 0 Å². The molecule has 0 nitrogen and oxygen atoms in total. The Morgan fingerprint density at radius 3 is 2.18 bits per heavy atom. The summed E-state index contributed by atoms with van der Waals surface area (Å²) in [6.07, 6.45) is 19.4. The maximum absolute atomic E-state index is 2.64.